The average molecular weight is 339 g/mol. The molecule has 4 nitrogen and oxygen atoms in total. The van der Waals surface area contributed by atoms with E-state index in [0.29, 0.717) is 6.42 Å². The number of benzene rings is 1. The van der Waals surface area contributed by atoms with Crippen LogP contribution in [0.15, 0.2) is 0 Å². The van der Waals surface area contributed by atoms with E-state index in [1.165, 1.54) is 0 Å². The van der Waals surface area contributed by atoms with Crippen LogP contribution in [0.5, 0.6) is 0 Å². The third kappa shape index (κ3) is 4.90. The van der Waals surface area contributed by atoms with Gasteiger partial charge < -0.3 is 10.1 Å². The Morgan fingerprint density at radius 1 is 1.09 bits per heavy atom. The van der Waals surface area contributed by atoms with Crippen LogP contribution in [0.4, 0.5) is 22.0 Å². The van der Waals surface area contributed by atoms with Crippen molar-refractivity contribution >= 4 is 12.4 Å². The van der Waals surface area contributed by atoms with Crippen LogP contribution in [-0.2, 0) is 20.7 Å². The highest BCUT2D eigenvalue weighted by molar-refractivity contribution is 5.76. The number of rotatable bonds is 8. The second-order valence-electron chi connectivity index (χ2n) is 4.77. The lowest BCUT2D eigenvalue weighted by atomic mass is 10.1. The van der Waals surface area contributed by atoms with Crippen molar-refractivity contribution in [2.75, 3.05) is 6.61 Å². The number of ether oxygens (including phenoxy) is 1. The zero-order valence-electron chi connectivity index (χ0n) is 12.1. The fourth-order valence-electron chi connectivity index (χ4n) is 1.82. The van der Waals surface area contributed by atoms with Gasteiger partial charge in [-0.25, -0.2) is 22.0 Å². The minimum atomic E-state index is -2.24. The summed E-state index contributed by atoms with van der Waals surface area (Å²) in [5, 5.41) is 2.45. The van der Waals surface area contributed by atoms with E-state index in [9.17, 15) is 31.5 Å². The summed E-state index contributed by atoms with van der Waals surface area (Å²) in [6, 6.07) is -0.390. The topological polar surface area (TPSA) is 55.4 Å². The van der Waals surface area contributed by atoms with Gasteiger partial charge in [0.15, 0.2) is 23.3 Å². The molecule has 0 aliphatic heterocycles. The largest absolute Gasteiger partial charge is 0.468 e. The predicted molar refractivity (Wildman–Crippen MR) is 68.8 cm³/mol. The first-order valence-electron chi connectivity index (χ1n) is 6.64. The van der Waals surface area contributed by atoms with E-state index in [-0.39, 0.29) is 19.1 Å². The Labute approximate surface area is 128 Å². The van der Waals surface area contributed by atoms with E-state index in [1.54, 1.807) is 6.92 Å². The molecule has 23 heavy (non-hydrogen) atoms. The number of carbonyl (C=O) groups is 2. The predicted octanol–water partition coefficient (Wildman–Crippen LogP) is 2.38. The van der Waals surface area contributed by atoms with Gasteiger partial charge in [-0.05, 0) is 13.3 Å². The highest BCUT2D eigenvalue weighted by Crippen LogP contribution is 2.23. The number of carbonyl (C=O) groups excluding carboxylic acids is 2. The van der Waals surface area contributed by atoms with Gasteiger partial charge in [0.05, 0.1) is 6.61 Å². The van der Waals surface area contributed by atoms with Crippen LogP contribution in [0.3, 0.4) is 0 Å². The Hall–Kier alpha value is -2.19. The summed E-state index contributed by atoms with van der Waals surface area (Å²) < 4.78 is 70.2. The van der Waals surface area contributed by atoms with Gasteiger partial charge in [0, 0.05) is 24.4 Å². The highest BCUT2D eigenvalue weighted by Gasteiger charge is 2.25. The van der Waals surface area contributed by atoms with E-state index in [0.717, 1.165) is 0 Å². The maximum absolute atomic E-state index is 13.4. The second kappa shape index (κ2) is 8.44. The van der Waals surface area contributed by atoms with Crippen molar-refractivity contribution in [3.63, 3.8) is 0 Å². The summed E-state index contributed by atoms with van der Waals surface area (Å²) in [6.07, 6.45) is -0.792. The zero-order valence-corrected chi connectivity index (χ0v) is 12.1. The lowest BCUT2D eigenvalue weighted by molar-refractivity contribution is -0.128. The summed E-state index contributed by atoms with van der Waals surface area (Å²) in [6.45, 7) is 1.92. The molecule has 1 atom stereocenters. The van der Waals surface area contributed by atoms with E-state index in [1.807, 2.05) is 0 Å². The van der Waals surface area contributed by atoms with Crippen molar-refractivity contribution < 1.29 is 36.3 Å². The maximum atomic E-state index is 13.4. The molecule has 0 saturated carbocycles. The highest BCUT2D eigenvalue weighted by atomic mass is 19.2. The molecule has 1 rings (SSSR count). The summed E-state index contributed by atoms with van der Waals surface area (Å²) in [5.74, 6) is -10.8. The minimum absolute atomic E-state index is 0.0720. The van der Waals surface area contributed by atoms with Crippen LogP contribution in [-0.4, -0.2) is 25.0 Å². The molecule has 9 heteroatoms. The zero-order chi connectivity index (χ0) is 17.6. The fourth-order valence-corrected chi connectivity index (χ4v) is 1.82. The van der Waals surface area contributed by atoms with Crippen molar-refractivity contribution in [2.24, 2.45) is 0 Å². The Bertz CT molecular complexity index is 565. The molecule has 0 heterocycles. The third-order valence-corrected chi connectivity index (χ3v) is 3.05. The summed E-state index contributed by atoms with van der Waals surface area (Å²) in [5.41, 5.74) is -1.03. The standard InChI is InChI=1S/C14H14F5NO3/c1-7(4-5-23-6-21)20-9(22)3-2-8-10(15)12(17)14(19)13(18)11(8)16/h6-7H,2-5H2,1H3,(H,20,22)/t7-/m0/s1. The first-order chi connectivity index (χ1) is 10.8. The van der Waals surface area contributed by atoms with Crippen LogP contribution < -0.4 is 5.32 Å². The molecule has 1 amide bonds. The van der Waals surface area contributed by atoms with E-state index >= 15 is 0 Å². The number of hydrogen-bond donors (Lipinski definition) is 1. The van der Waals surface area contributed by atoms with Crippen molar-refractivity contribution in [2.45, 2.75) is 32.2 Å². The Kier molecular flexibility index (Phi) is 6.92. The smallest absolute Gasteiger partial charge is 0.293 e. The van der Waals surface area contributed by atoms with Gasteiger partial charge in [-0.3, -0.25) is 9.59 Å². The first kappa shape index (κ1) is 18.9. The molecule has 128 valence electrons. The molecule has 0 bridgehead atoms. The Morgan fingerprint density at radius 3 is 2.13 bits per heavy atom. The summed E-state index contributed by atoms with van der Waals surface area (Å²) >= 11 is 0. The molecule has 0 spiro atoms. The van der Waals surface area contributed by atoms with Gasteiger partial charge in [-0.2, -0.15) is 0 Å². The maximum Gasteiger partial charge on any atom is 0.293 e. The number of amides is 1. The first-order valence-corrected chi connectivity index (χ1v) is 6.64. The van der Waals surface area contributed by atoms with Crippen LogP contribution in [0.1, 0.15) is 25.3 Å². The van der Waals surface area contributed by atoms with Crippen molar-refractivity contribution in [1.82, 2.24) is 5.32 Å². The monoisotopic (exact) mass is 339 g/mol. The fraction of sp³-hybridized carbons (Fsp3) is 0.429. The van der Waals surface area contributed by atoms with Gasteiger partial charge in [0.2, 0.25) is 11.7 Å². The average Bonchev–Trinajstić information content (AvgIpc) is 2.51. The summed E-state index contributed by atoms with van der Waals surface area (Å²) in [4.78, 5) is 21.5. The van der Waals surface area contributed by atoms with Crippen molar-refractivity contribution in [3.05, 3.63) is 34.6 Å². The SMILES string of the molecule is C[C@@H](CCOC=O)NC(=O)CCc1c(F)c(F)c(F)c(F)c1F. The molecule has 1 aromatic rings. The molecule has 0 aliphatic rings. The number of nitrogens with one attached hydrogen (secondary N) is 1. The van der Waals surface area contributed by atoms with Crippen molar-refractivity contribution in [3.8, 4) is 0 Å². The van der Waals surface area contributed by atoms with Gasteiger partial charge in [-0.15, -0.1) is 0 Å². The van der Waals surface area contributed by atoms with E-state index in [4.69, 9.17) is 0 Å². The van der Waals surface area contributed by atoms with Crippen LogP contribution in [0, 0.1) is 29.1 Å². The number of halogens is 5. The van der Waals surface area contributed by atoms with Gasteiger partial charge in [0.1, 0.15) is 0 Å². The molecular weight excluding hydrogens is 325 g/mol. The molecule has 0 unspecified atom stereocenters. The molecule has 0 radical (unpaired) electrons. The van der Waals surface area contributed by atoms with Gasteiger partial charge in [0.25, 0.3) is 6.47 Å². The molecule has 0 aliphatic carbocycles. The van der Waals surface area contributed by atoms with Crippen LogP contribution in [0.2, 0.25) is 0 Å². The molecule has 0 saturated heterocycles. The van der Waals surface area contributed by atoms with Gasteiger partial charge in [-0.1, -0.05) is 0 Å². The molecule has 1 N–H and O–H groups in total. The van der Waals surface area contributed by atoms with E-state index < -0.39 is 53.4 Å². The third-order valence-electron chi connectivity index (χ3n) is 3.05. The normalized spacial score (nSPS) is 11.9. The Morgan fingerprint density at radius 2 is 1.61 bits per heavy atom. The van der Waals surface area contributed by atoms with Gasteiger partial charge >= 0.3 is 0 Å². The van der Waals surface area contributed by atoms with Crippen LogP contribution in [0.25, 0.3) is 0 Å². The lowest BCUT2D eigenvalue weighted by Gasteiger charge is -2.13. The molecule has 0 aromatic heterocycles. The van der Waals surface area contributed by atoms with Crippen LogP contribution >= 0.6 is 0 Å². The molecule has 1 aromatic carbocycles. The van der Waals surface area contributed by atoms with Crippen molar-refractivity contribution in [1.29, 1.82) is 0 Å². The second-order valence-corrected chi connectivity index (χ2v) is 4.77. The van der Waals surface area contributed by atoms with E-state index in [2.05, 4.69) is 10.1 Å². The lowest BCUT2D eigenvalue weighted by Crippen LogP contribution is -2.33. The summed E-state index contributed by atoms with van der Waals surface area (Å²) in [7, 11) is 0. The molecule has 0 fully saturated rings. The quantitative estimate of drug-likeness (QED) is 0.260. The molecular formula is C14H14F5NO3. The minimum Gasteiger partial charge on any atom is -0.468 e. The number of hydrogen-bond acceptors (Lipinski definition) is 3. The Balaban J connectivity index is 2.65.